The van der Waals surface area contributed by atoms with E-state index in [0.717, 1.165) is 11.1 Å². The number of anilines is 1. The van der Waals surface area contributed by atoms with Crippen LogP contribution >= 0.6 is 0 Å². The molecular formula is C30H19N. The summed E-state index contributed by atoms with van der Waals surface area (Å²) in [5.74, 6) is 0. The molecule has 144 valence electrons. The minimum absolute atomic E-state index is 0.829. The Balaban J connectivity index is 1.59. The van der Waals surface area contributed by atoms with Crippen molar-refractivity contribution in [3.8, 4) is 0 Å². The Morgan fingerprint density at radius 1 is 0.323 bits per heavy atom. The van der Waals surface area contributed by atoms with Crippen LogP contribution < -0.4 is 5.73 Å². The molecule has 2 N–H and O–H groups in total. The van der Waals surface area contributed by atoms with E-state index in [0.29, 0.717) is 0 Å². The zero-order chi connectivity index (χ0) is 20.5. The SMILES string of the molecule is Nc1cccc2cc3cc4ccc5cc6cc7ccccc7cc6cc5c4cc3cc12. The Labute approximate surface area is 179 Å². The molecule has 31 heavy (non-hydrogen) atoms. The summed E-state index contributed by atoms with van der Waals surface area (Å²) in [5.41, 5.74) is 7.09. The van der Waals surface area contributed by atoms with Gasteiger partial charge in [-0.05, 0) is 114 Å². The maximum absolute atomic E-state index is 6.26. The highest BCUT2D eigenvalue weighted by Gasteiger charge is 2.08. The molecule has 0 aliphatic carbocycles. The van der Waals surface area contributed by atoms with Crippen LogP contribution in [0.25, 0.3) is 64.6 Å². The topological polar surface area (TPSA) is 26.0 Å². The highest BCUT2D eigenvalue weighted by atomic mass is 14.5. The van der Waals surface area contributed by atoms with Gasteiger partial charge in [-0.25, -0.2) is 0 Å². The summed E-state index contributed by atoms with van der Waals surface area (Å²) in [6, 6.07) is 37.6. The van der Waals surface area contributed by atoms with Crippen LogP contribution in [0.15, 0.2) is 103 Å². The van der Waals surface area contributed by atoms with Crippen LogP contribution in [0.4, 0.5) is 5.69 Å². The lowest BCUT2D eigenvalue weighted by atomic mass is 9.94. The molecule has 7 aromatic rings. The van der Waals surface area contributed by atoms with Gasteiger partial charge in [-0.3, -0.25) is 0 Å². The van der Waals surface area contributed by atoms with Crippen molar-refractivity contribution in [3.63, 3.8) is 0 Å². The second-order valence-electron chi connectivity index (χ2n) is 8.53. The van der Waals surface area contributed by atoms with Crippen LogP contribution in [-0.4, -0.2) is 0 Å². The quantitative estimate of drug-likeness (QED) is 0.157. The van der Waals surface area contributed by atoms with E-state index in [1.807, 2.05) is 12.1 Å². The van der Waals surface area contributed by atoms with Gasteiger partial charge in [0.1, 0.15) is 0 Å². The van der Waals surface area contributed by atoms with Gasteiger partial charge in [0.25, 0.3) is 0 Å². The first kappa shape index (κ1) is 16.7. The van der Waals surface area contributed by atoms with Crippen molar-refractivity contribution >= 4 is 70.3 Å². The van der Waals surface area contributed by atoms with Crippen molar-refractivity contribution < 1.29 is 0 Å². The zero-order valence-electron chi connectivity index (χ0n) is 16.9. The van der Waals surface area contributed by atoms with E-state index in [1.165, 1.54) is 59.2 Å². The first-order valence-electron chi connectivity index (χ1n) is 10.6. The van der Waals surface area contributed by atoms with Gasteiger partial charge < -0.3 is 5.73 Å². The lowest BCUT2D eigenvalue weighted by Crippen LogP contribution is -1.87. The molecule has 0 saturated carbocycles. The van der Waals surface area contributed by atoms with E-state index >= 15 is 0 Å². The van der Waals surface area contributed by atoms with E-state index in [1.54, 1.807) is 0 Å². The Bertz CT molecular complexity index is 1840. The fraction of sp³-hybridized carbons (Fsp3) is 0. The summed E-state index contributed by atoms with van der Waals surface area (Å²) in [6.45, 7) is 0. The van der Waals surface area contributed by atoms with Gasteiger partial charge in [0.2, 0.25) is 0 Å². The van der Waals surface area contributed by atoms with E-state index < -0.39 is 0 Å². The summed E-state index contributed by atoms with van der Waals surface area (Å²) in [5, 5.41) is 15.0. The Morgan fingerprint density at radius 3 is 1.35 bits per heavy atom. The second kappa shape index (κ2) is 5.96. The maximum Gasteiger partial charge on any atom is 0.0393 e. The van der Waals surface area contributed by atoms with Crippen LogP contribution in [0.5, 0.6) is 0 Å². The van der Waals surface area contributed by atoms with Crippen molar-refractivity contribution in [1.29, 1.82) is 0 Å². The number of benzene rings is 7. The Hall–Kier alpha value is -4.10. The molecule has 0 fully saturated rings. The second-order valence-corrected chi connectivity index (χ2v) is 8.53. The molecule has 0 bridgehead atoms. The summed E-state index contributed by atoms with van der Waals surface area (Å²) in [7, 11) is 0. The predicted octanol–water partition coefficient (Wildman–Crippen LogP) is 8.19. The number of nitrogen functional groups attached to an aromatic ring is 1. The standard InChI is InChI=1S/C30H19N/c31-30-7-3-6-20-12-24-14-22-9-8-21-13-23-10-18-4-1-2-5-19(18)11-25(23)15-27(21)28(22)16-26(24)17-29(20)30/h1-17H,31H2. The fourth-order valence-corrected chi connectivity index (χ4v) is 5.05. The van der Waals surface area contributed by atoms with Gasteiger partial charge in [0.15, 0.2) is 0 Å². The van der Waals surface area contributed by atoms with Crippen LogP contribution in [0.1, 0.15) is 0 Å². The van der Waals surface area contributed by atoms with Gasteiger partial charge in [-0.15, -0.1) is 0 Å². The van der Waals surface area contributed by atoms with Gasteiger partial charge in [-0.2, -0.15) is 0 Å². The fourth-order valence-electron chi connectivity index (χ4n) is 5.05. The first-order valence-corrected chi connectivity index (χ1v) is 10.6. The molecule has 0 unspecified atom stereocenters. The summed E-state index contributed by atoms with van der Waals surface area (Å²) < 4.78 is 0. The lowest BCUT2D eigenvalue weighted by Gasteiger charge is -2.10. The largest absolute Gasteiger partial charge is 0.398 e. The maximum atomic E-state index is 6.26. The first-order chi connectivity index (χ1) is 15.2. The monoisotopic (exact) mass is 393 g/mol. The number of fused-ring (bicyclic) bond motifs is 7. The number of nitrogens with two attached hydrogens (primary N) is 1. The number of rotatable bonds is 0. The van der Waals surface area contributed by atoms with Crippen LogP contribution in [0, 0.1) is 0 Å². The molecule has 0 saturated heterocycles. The molecule has 1 nitrogen and oxygen atoms in total. The van der Waals surface area contributed by atoms with E-state index in [2.05, 4.69) is 91.0 Å². The molecule has 1 heteroatoms. The van der Waals surface area contributed by atoms with E-state index in [9.17, 15) is 0 Å². The minimum atomic E-state index is 0.829. The molecule has 7 rings (SSSR count). The third-order valence-electron chi connectivity index (χ3n) is 6.65. The van der Waals surface area contributed by atoms with Gasteiger partial charge in [-0.1, -0.05) is 48.5 Å². The van der Waals surface area contributed by atoms with Crippen LogP contribution in [0.2, 0.25) is 0 Å². The number of hydrogen-bond donors (Lipinski definition) is 1. The molecule has 0 atom stereocenters. The number of hydrogen-bond acceptors (Lipinski definition) is 1. The van der Waals surface area contributed by atoms with Crippen molar-refractivity contribution in [1.82, 2.24) is 0 Å². The normalized spacial score (nSPS) is 12.0. The van der Waals surface area contributed by atoms with Crippen molar-refractivity contribution in [2.24, 2.45) is 0 Å². The van der Waals surface area contributed by atoms with Crippen molar-refractivity contribution in [3.05, 3.63) is 103 Å². The third kappa shape index (κ3) is 2.44. The molecule has 0 radical (unpaired) electrons. The minimum Gasteiger partial charge on any atom is -0.398 e. The summed E-state index contributed by atoms with van der Waals surface area (Å²) >= 11 is 0. The highest BCUT2D eigenvalue weighted by Crippen LogP contribution is 2.35. The molecule has 0 aliphatic heterocycles. The van der Waals surface area contributed by atoms with Crippen LogP contribution in [-0.2, 0) is 0 Å². The van der Waals surface area contributed by atoms with Gasteiger partial charge >= 0.3 is 0 Å². The average Bonchev–Trinajstić information content (AvgIpc) is 2.79. The molecule has 0 amide bonds. The highest BCUT2D eigenvalue weighted by molar-refractivity contribution is 6.17. The predicted molar refractivity (Wildman–Crippen MR) is 136 cm³/mol. The zero-order valence-corrected chi connectivity index (χ0v) is 16.9. The summed E-state index contributed by atoms with van der Waals surface area (Å²) in [4.78, 5) is 0. The molecular weight excluding hydrogens is 374 g/mol. The Morgan fingerprint density at radius 2 is 0.742 bits per heavy atom. The molecule has 0 aromatic heterocycles. The van der Waals surface area contributed by atoms with Crippen LogP contribution in [0.3, 0.4) is 0 Å². The molecule has 0 heterocycles. The van der Waals surface area contributed by atoms with Crippen molar-refractivity contribution in [2.75, 3.05) is 5.73 Å². The lowest BCUT2D eigenvalue weighted by molar-refractivity contribution is 1.76. The van der Waals surface area contributed by atoms with Gasteiger partial charge in [0.05, 0.1) is 0 Å². The molecule has 0 spiro atoms. The van der Waals surface area contributed by atoms with Crippen molar-refractivity contribution in [2.45, 2.75) is 0 Å². The molecule has 0 aliphatic rings. The Kier molecular flexibility index (Phi) is 3.21. The smallest absolute Gasteiger partial charge is 0.0393 e. The van der Waals surface area contributed by atoms with E-state index in [4.69, 9.17) is 5.73 Å². The average molecular weight is 393 g/mol. The third-order valence-corrected chi connectivity index (χ3v) is 6.65. The van der Waals surface area contributed by atoms with Gasteiger partial charge in [0, 0.05) is 11.1 Å². The molecule has 7 aromatic carbocycles. The van der Waals surface area contributed by atoms with E-state index in [-0.39, 0.29) is 0 Å². The summed E-state index contributed by atoms with van der Waals surface area (Å²) in [6.07, 6.45) is 0.